The van der Waals surface area contributed by atoms with E-state index in [0.717, 1.165) is 28.8 Å². The number of aryl methyl sites for hydroxylation is 2. The van der Waals surface area contributed by atoms with Crippen LogP contribution in [0.1, 0.15) is 46.6 Å². The number of aldehydes is 1. The highest BCUT2D eigenvalue weighted by Gasteiger charge is 2.12. The average molecular weight is 346 g/mol. The number of carbonyl (C=O) groups is 1. The average Bonchev–Trinajstić information content (AvgIpc) is 2.65. The van der Waals surface area contributed by atoms with Crippen LogP contribution in [-0.4, -0.2) is 23.0 Å². The number of pyridine rings is 1. The van der Waals surface area contributed by atoms with Gasteiger partial charge in [0.2, 0.25) is 0 Å². The molecule has 1 heterocycles. The molecule has 0 saturated carbocycles. The third-order valence-electron chi connectivity index (χ3n) is 3.88. The molecule has 0 spiro atoms. The Morgan fingerprint density at radius 3 is 2.65 bits per heavy atom. The van der Waals surface area contributed by atoms with Crippen molar-refractivity contribution < 1.29 is 4.79 Å². The van der Waals surface area contributed by atoms with Gasteiger partial charge >= 0.3 is 0 Å². The summed E-state index contributed by atoms with van der Waals surface area (Å²) < 4.78 is 0. The number of carbonyl (C=O) groups excluding carboxylic acids is 1. The molecular formula is C21H22N4O. The molecule has 0 atom stereocenters. The maximum atomic E-state index is 11.4. The number of hydrogen-bond donors (Lipinski definition) is 1. The van der Waals surface area contributed by atoms with Crippen molar-refractivity contribution in [2.24, 2.45) is 10.7 Å². The van der Waals surface area contributed by atoms with Crippen molar-refractivity contribution in [2.75, 3.05) is 0 Å². The summed E-state index contributed by atoms with van der Waals surface area (Å²) in [5, 5.41) is 9.17. The van der Waals surface area contributed by atoms with Gasteiger partial charge in [-0.25, -0.2) is 0 Å². The minimum Gasteiger partial charge on any atom is -0.405 e. The summed E-state index contributed by atoms with van der Waals surface area (Å²) in [7, 11) is 0. The van der Waals surface area contributed by atoms with Crippen molar-refractivity contribution in [2.45, 2.75) is 32.7 Å². The fraction of sp³-hybridized carbons (Fsp3) is 0.238. The summed E-state index contributed by atoms with van der Waals surface area (Å²) in [6, 6.07) is 11.4. The second kappa shape index (κ2) is 9.28. The highest BCUT2D eigenvalue weighted by molar-refractivity contribution is 6.08. The van der Waals surface area contributed by atoms with Crippen molar-refractivity contribution in [1.82, 2.24) is 4.98 Å². The summed E-state index contributed by atoms with van der Waals surface area (Å²) in [5.41, 5.74) is 9.82. The summed E-state index contributed by atoms with van der Waals surface area (Å²) in [6.07, 6.45) is 6.99. The molecular weight excluding hydrogens is 324 g/mol. The quantitative estimate of drug-likeness (QED) is 0.615. The van der Waals surface area contributed by atoms with Gasteiger partial charge in [0, 0.05) is 17.8 Å². The Balaban J connectivity index is 2.35. The van der Waals surface area contributed by atoms with Gasteiger partial charge in [0.05, 0.1) is 23.0 Å². The van der Waals surface area contributed by atoms with Gasteiger partial charge in [-0.05, 0) is 62.2 Å². The summed E-state index contributed by atoms with van der Waals surface area (Å²) >= 11 is 0. The molecule has 26 heavy (non-hydrogen) atoms. The molecule has 0 amide bonds. The lowest BCUT2D eigenvalue weighted by Gasteiger charge is -2.11. The van der Waals surface area contributed by atoms with E-state index in [9.17, 15) is 4.79 Å². The van der Waals surface area contributed by atoms with E-state index in [2.05, 4.69) is 16.0 Å². The number of allylic oxidation sites excluding steroid dienone is 1. The van der Waals surface area contributed by atoms with Crippen LogP contribution in [0.5, 0.6) is 0 Å². The van der Waals surface area contributed by atoms with Gasteiger partial charge in [0.15, 0.2) is 6.29 Å². The monoisotopic (exact) mass is 346 g/mol. The maximum absolute atomic E-state index is 11.4. The zero-order valence-corrected chi connectivity index (χ0v) is 15.0. The van der Waals surface area contributed by atoms with Gasteiger partial charge in [0.1, 0.15) is 0 Å². The molecule has 2 aromatic rings. The van der Waals surface area contributed by atoms with E-state index in [4.69, 9.17) is 11.0 Å². The molecule has 132 valence electrons. The Labute approximate surface area is 153 Å². The van der Waals surface area contributed by atoms with Gasteiger partial charge in [-0.15, -0.1) is 0 Å². The molecule has 0 radical (unpaired) electrons. The Morgan fingerprint density at radius 2 is 2.00 bits per heavy atom. The highest BCUT2D eigenvalue weighted by Crippen LogP contribution is 2.17. The number of benzene rings is 1. The van der Waals surface area contributed by atoms with Gasteiger partial charge in [-0.2, -0.15) is 5.26 Å². The Morgan fingerprint density at radius 1 is 1.27 bits per heavy atom. The zero-order chi connectivity index (χ0) is 18.9. The van der Waals surface area contributed by atoms with Crippen LogP contribution in [-0.2, 0) is 12.8 Å². The molecule has 0 unspecified atom stereocenters. The third kappa shape index (κ3) is 4.64. The minimum absolute atomic E-state index is 0.116. The topological polar surface area (TPSA) is 92.1 Å². The molecule has 0 aliphatic carbocycles. The lowest BCUT2D eigenvalue weighted by Crippen LogP contribution is -2.10. The Kier molecular flexibility index (Phi) is 6.81. The number of rotatable bonds is 7. The molecule has 5 nitrogen and oxygen atoms in total. The normalized spacial score (nSPS) is 11.7. The van der Waals surface area contributed by atoms with E-state index in [0.29, 0.717) is 24.0 Å². The van der Waals surface area contributed by atoms with E-state index in [1.807, 2.05) is 32.0 Å². The third-order valence-corrected chi connectivity index (χ3v) is 3.88. The summed E-state index contributed by atoms with van der Waals surface area (Å²) in [5.74, 6) is 0. The van der Waals surface area contributed by atoms with E-state index in [-0.39, 0.29) is 6.04 Å². The summed E-state index contributed by atoms with van der Waals surface area (Å²) in [6.45, 7) is 3.99. The van der Waals surface area contributed by atoms with E-state index in [1.165, 1.54) is 6.20 Å². The van der Waals surface area contributed by atoms with E-state index in [1.54, 1.807) is 24.4 Å². The molecule has 1 aromatic carbocycles. The van der Waals surface area contributed by atoms with Gasteiger partial charge in [-0.3, -0.25) is 14.8 Å². The smallest absolute Gasteiger partial charge is 0.151 e. The SMILES string of the molecule is CC(C)N=C(C=CN)c1ncccc1CCc1cccc(C#N)c1C=O. The first-order valence-electron chi connectivity index (χ1n) is 8.48. The molecule has 1 aromatic heterocycles. The minimum atomic E-state index is 0.116. The lowest BCUT2D eigenvalue weighted by atomic mass is 9.96. The first kappa shape index (κ1) is 19.1. The lowest BCUT2D eigenvalue weighted by molar-refractivity contribution is 0.112. The van der Waals surface area contributed by atoms with Crippen LogP contribution >= 0.6 is 0 Å². The molecule has 5 heteroatoms. The number of aliphatic imine (C=N–C) groups is 1. The van der Waals surface area contributed by atoms with Crippen molar-refractivity contribution in [3.63, 3.8) is 0 Å². The molecule has 0 fully saturated rings. The zero-order valence-electron chi connectivity index (χ0n) is 15.0. The molecule has 0 bridgehead atoms. The Bertz CT molecular complexity index is 876. The van der Waals surface area contributed by atoms with Crippen LogP contribution in [0.25, 0.3) is 0 Å². The number of nitrogens with two attached hydrogens (primary N) is 1. The second-order valence-electron chi connectivity index (χ2n) is 6.09. The van der Waals surface area contributed by atoms with E-state index < -0.39 is 0 Å². The van der Waals surface area contributed by atoms with Crippen molar-refractivity contribution in [3.8, 4) is 6.07 Å². The predicted molar refractivity (Wildman–Crippen MR) is 103 cm³/mol. The largest absolute Gasteiger partial charge is 0.405 e. The van der Waals surface area contributed by atoms with Crippen molar-refractivity contribution >= 4 is 12.0 Å². The van der Waals surface area contributed by atoms with Crippen LogP contribution in [0.2, 0.25) is 0 Å². The number of hydrogen-bond acceptors (Lipinski definition) is 5. The fourth-order valence-corrected chi connectivity index (χ4v) is 2.76. The molecule has 2 rings (SSSR count). The maximum Gasteiger partial charge on any atom is 0.151 e. The first-order valence-corrected chi connectivity index (χ1v) is 8.48. The number of nitriles is 1. The molecule has 2 N–H and O–H groups in total. The van der Waals surface area contributed by atoms with Crippen molar-refractivity contribution in [3.05, 3.63) is 76.8 Å². The Hall–Kier alpha value is -3.26. The predicted octanol–water partition coefficient (Wildman–Crippen LogP) is 3.22. The first-order chi connectivity index (χ1) is 12.6. The van der Waals surface area contributed by atoms with Gasteiger partial charge < -0.3 is 5.73 Å². The van der Waals surface area contributed by atoms with E-state index >= 15 is 0 Å². The second-order valence-corrected chi connectivity index (χ2v) is 6.09. The van der Waals surface area contributed by atoms with Crippen LogP contribution < -0.4 is 5.73 Å². The van der Waals surface area contributed by atoms with Crippen LogP contribution in [0.15, 0.2) is 53.8 Å². The van der Waals surface area contributed by atoms with Crippen LogP contribution in [0.3, 0.4) is 0 Å². The standard InChI is InChI=1S/C21H22N4O/c1-15(2)25-20(10-11-22)21-17(7-4-12-24-21)9-8-16-5-3-6-18(13-23)19(16)14-26/h3-7,10-12,14-15H,8-9,22H2,1-2H3. The van der Waals surface area contributed by atoms with Crippen molar-refractivity contribution in [1.29, 1.82) is 5.26 Å². The highest BCUT2D eigenvalue weighted by atomic mass is 16.1. The van der Waals surface area contributed by atoms with Gasteiger partial charge in [0.25, 0.3) is 0 Å². The fourth-order valence-electron chi connectivity index (χ4n) is 2.76. The molecule has 0 aliphatic heterocycles. The molecule has 0 aliphatic rings. The number of aromatic nitrogens is 1. The van der Waals surface area contributed by atoms with Crippen LogP contribution in [0, 0.1) is 11.3 Å². The van der Waals surface area contributed by atoms with Crippen LogP contribution in [0.4, 0.5) is 0 Å². The summed E-state index contributed by atoms with van der Waals surface area (Å²) in [4.78, 5) is 20.5. The van der Waals surface area contributed by atoms with Gasteiger partial charge in [-0.1, -0.05) is 18.2 Å². The number of nitrogens with zero attached hydrogens (tertiary/aromatic N) is 3. The molecule has 0 saturated heterocycles.